The highest BCUT2D eigenvalue weighted by molar-refractivity contribution is 9.13. The molecule has 0 aromatic heterocycles. The van der Waals surface area contributed by atoms with E-state index in [2.05, 4.69) is 43.7 Å². The van der Waals surface area contributed by atoms with Gasteiger partial charge in [0.15, 0.2) is 3.24 Å². The maximum Gasteiger partial charge on any atom is 0.312 e. The molecule has 4 unspecified atom stereocenters. The standard InChI is InChI=1S/C24H22Br2Cl2O3/c1-4-9-18(15-10-8-13-17(14-15)31-16-11-6-5-7-12-16)23(21(29)30)19(22(23,2)3)20(25)24(26,27)28/h5-8,10-14,18-20H,1-3H3,(H,29,30). The van der Waals surface area contributed by atoms with Crippen LogP contribution < -0.4 is 4.74 Å². The number of halogens is 4. The molecule has 1 aliphatic rings. The lowest BCUT2D eigenvalue weighted by molar-refractivity contribution is -0.145. The zero-order valence-corrected chi connectivity index (χ0v) is 21.9. The van der Waals surface area contributed by atoms with Crippen LogP contribution in [0, 0.1) is 28.6 Å². The fourth-order valence-corrected chi connectivity index (χ4v) is 6.29. The zero-order valence-electron chi connectivity index (χ0n) is 17.2. The number of ether oxygens (including phenoxy) is 1. The number of hydrogen-bond donors (Lipinski definition) is 1. The minimum atomic E-state index is -1.32. The van der Waals surface area contributed by atoms with Crippen LogP contribution in [0.4, 0.5) is 0 Å². The molecule has 164 valence electrons. The van der Waals surface area contributed by atoms with Crippen molar-refractivity contribution in [3.05, 3.63) is 60.2 Å². The van der Waals surface area contributed by atoms with E-state index in [0.717, 1.165) is 5.56 Å². The second-order valence-electron chi connectivity index (χ2n) is 8.13. The lowest BCUT2D eigenvalue weighted by atomic mass is 9.77. The quantitative estimate of drug-likeness (QED) is 0.268. The second kappa shape index (κ2) is 8.98. The molecule has 0 saturated heterocycles. The Hall–Kier alpha value is -1.19. The summed E-state index contributed by atoms with van der Waals surface area (Å²) in [6.07, 6.45) is 0. The van der Waals surface area contributed by atoms with Crippen molar-refractivity contribution in [2.75, 3.05) is 0 Å². The Bertz CT molecular complexity index is 1020. The van der Waals surface area contributed by atoms with Gasteiger partial charge in [-0.05, 0) is 64.0 Å². The van der Waals surface area contributed by atoms with E-state index in [1.165, 1.54) is 0 Å². The molecule has 4 atom stereocenters. The molecular formula is C24H22Br2Cl2O3. The molecule has 1 fully saturated rings. The minimum Gasteiger partial charge on any atom is -0.481 e. The number of carbonyl (C=O) groups is 1. The van der Waals surface area contributed by atoms with Crippen LogP contribution in [0.15, 0.2) is 54.6 Å². The SMILES string of the molecule is CC#CC(c1cccc(Oc2ccccc2)c1)C1(C(=O)O)C(C(Br)C(Cl)(Cl)Br)C1(C)C. The van der Waals surface area contributed by atoms with E-state index in [4.69, 9.17) is 27.9 Å². The van der Waals surface area contributed by atoms with Gasteiger partial charge in [-0.3, -0.25) is 4.79 Å². The Morgan fingerprint density at radius 3 is 2.32 bits per heavy atom. The monoisotopic (exact) mass is 586 g/mol. The van der Waals surface area contributed by atoms with Crippen molar-refractivity contribution in [3.8, 4) is 23.3 Å². The van der Waals surface area contributed by atoms with Gasteiger partial charge in [-0.25, -0.2) is 0 Å². The lowest BCUT2D eigenvalue weighted by Crippen LogP contribution is -2.32. The molecule has 0 amide bonds. The molecule has 3 rings (SSSR count). The van der Waals surface area contributed by atoms with E-state index in [1.807, 2.05) is 68.4 Å². The molecule has 0 aliphatic heterocycles. The molecule has 3 nitrogen and oxygen atoms in total. The molecule has 7 heteroatoms. The Labute approximate surface area is 209 Å². The van der Waals surface area contributed by atoms with Crippen LogP contribution >= 0.6 is 55.1 Å². The third kappa shape index (κ3) is 4.37. The third-order valence-corrected chi connectivity index (χ3v) is 9.44. The number of alkyl halides is 4. The van der Waals surface area contributed by atoms with Gasteiger partial charge < -0.3 is 9.84 Å². The molecule has 1 saturated carbocycles. The van der Waals surface area contributed by atoms with Crippen molar-refractivity contribution in [1.82, 2.24) is 0 Å². The maximum absolute atomic E-state index is 12.8. The Morgan fingerprint density at radius 2 is 1.77 bits per heavy atom. The minimum absolute atomic E-state index is 0.378. The van der Waals surface area contributed by atoms with Gasteiger partial charge in [-0.2, -0.15) is 0 Å². The van der Waals surface area contributed by atoms with Crippen molar-refractivity contribution in [1.29, 1.82) is 0 Å². The van der Waals surface area contributed by atoms with Gasteiger partial charge in [-0.15, -0.1) is 5.92 Å². The van der Waals surface area contributed by atoms with E-state index in [9.17, 15) is 9.90 Å². The first kappa shape index (κ1) is 24.5. The molecule has 0 heterocycles. The third-order valence-electron chi connectivity index (χ3n) is 6.12. The van der Waals surface area contributed by atoms with E-state index in [0.29, 0.717) is 11.5 Å². The summed E-state index contributed by atoms with van der Waals surface area (Å²) in [4.78, 5) is 12.3. The Balaban J connectivity index is 2.07. The topological polar surface area (TPSA) is 46.5 Å². The number of benzene rings is 2. The Kier molecular flexibility index (Phi) is 7.08. The van der Waals surface area contributed by atoms with Gasteiger partial charge in [0.05, 0.1) is 16.2 Å². The summed E-state index contributed by atoms with van der Waals surface area (Å²) in [5.74, 6) is 5.50. The van der Waals surface area contributed by atoms with E-state index in [1.54, 1.807) is 6.92 Å². The fourth-order valence-electron chi connectivity index (χ4n) is 4.69. The predicted molar refractivity (Wildman–Crippen MR) is 133 cm³/mol. The van der Waals surface area contributed by atoms with Crippen molar-refractivity contribution >= 4 is 61.0 Å². The molecule has 1 aliphatic carbocycles. The van der Waals surface area contributed by atoms with Crippen molar-refractivity contribution in [3.63, 3.8) is 0 Å². The average Bonchev–Trinajstić information content (AvgIpc) is 3.22. The number of carboxylic acid groups (broad SMARTS) is 1. The first-order valence-electron chi connectivity index (χ1n) is 9.67. The summed E-state index contributed by atoms with van der Waals surface area (Å²) in [6.45, 7) is 5.54. The van der Waals surface area contributed by atoms with E-state index < -0.39 is 30.8 Å². The lowest BCUT2D eigenvalue weighted by Gasteiger charge is -2.26. The second-order valence-corrected chi connectivity index (χ2v) is 12.7. The van der Waals surface area contributed by atoms with Crippen LogP contribution in [0.2, 0.25) is 0 Å². The van der Waals surface area contributed by atoms with Crippen LogP contribution in [0.3, 0.4) is 0 Å². The fraction of sp³-hybridized carbons (Fsp3) is 0.375. The van der Waals surface area contributed by atoms with Crippen LogP contribution in [-0.2, 0) is 4.79 Å². The molecular weight excluding hydrogens is 567 g/mol. The molecule has 0 bridgehead atoms. The van der Waals surface area contributed by atoms with Gasteiger partial charge in [0.25, 0.3) is 0 Å². The summed E-state index contributed by atoms with van der Waals surface area (Å²) < 4.78 is 4.64. The molecule has 0 spiro atoms. The highest BCUT2D eigenvalue weighted by Gasteiger charge is 2.81. The molecule has 2 aromatic rings. The predicted octanol–water partition coefficient (Wildman–Crippen LogP) is 7.60. The summed E-state index contributed by atoms with van der Waals surface area (Å²) in [7, 11) is 0. The van der Waals surface area contributed by atoms with E-state index >= 15 is 0 Å². The number of rotatable bonds is 7. The van der Waals surface area contributed by atoms with Crippen LogP contribution in [0.1, 0.15) is 32.3 Å². The summed E-state index contributed by atoms with van der Waals surface area (Å²) in [5, 5.41) is 10.5. The average molecular weight is 589 g/mol. The first-order chi connectivity index (χ1) is 14.5. The van der Waals surface area contributed by atoms with Gasteiger partial charge in [-0.1, -0.05) is 89.2 Å². The summed E-state index contributed by atoms with van der Waals surface area (Å²) >= 11 is 19.4. The van der Waals surface area contributed by atoms with Gasteiger partial charge >= 0.3 is 5.97 Å². The van der Waals surface area contributed by atoms with E-state index in [-0.39, 0.29) is 5.92 Å². The smallest absolute Gasteiger partial charge is 0.312 e. The normalized spacial score (nSPS) is 23.8. The highest BCUT2D eigenvalue weighted by Crippen LogP contribution is 2.78. The molecule has 2 aromatic carbocycles. The number of para-hydroxylation sites is 1. The number of carboxylic acids is 1. The van der Waals surface area contributed by atoms with Gasteiger partial charge in [0.2, 0.25) is 0 Å². The molecule has 0 radical (unpaired) electrons. The van der Waals surface area contributed by atoms with Crippen molar-refractivity contribution in [2.45, 2.75) is 34.8 Å². The van der Waals surface area contributed by atoms with Crippen LogP contribution in [-0.4, -0.2) is 19.1 Å². The van der Waals surface area contributed by atoms with Gasteiger partial charge in [0.1, 0.15) is 11.5 Å². The van der Waals surface area contributed by atoms with Crippen molar-refractivity contribution in [2.24, 2.45) is 16.7 Å². The summed E-state index contributed by atoms with van der Waals surface area (Å²) in [5.41, 5.74) is -1.05. The zero-order chi connectivity index (χ0) is 23.0. The number of hydrogen-bond acceptors (Lipinski definition) is 2. The largest absolute Gasteiger partial charge is 0.481 e. The molecule has 31 heavy (non-hydrogen) atoms. The highest BCUT2D eigenvalue weighted by atomic mass is 79.9. The van der Waals surface area contributed by atoms with Crippen LogP contribution in [0.5, 0.6) is 11.5 Å². The molecule has 1 N–H and O–H groups in total. The first-order valence-corrected chi connectivity index (χ1v) is 12.1. The number of aliphatic carboxylic acids is 1. The van der Waals surface area contributed by atoms with Crippen LogP contribution in [0.25, 0.3) is 0 Å². The summed E-state index contributed by atoms with van der Waals surface area (Å²) in [6, 6.07) is 16.8. The Morgan fingerprint density at radius 1 is 1.16 bits per heavy atom. The van der Waals surface area contributed by atoms with Crippen molar-refractivity contribution < 1.29 is 14.6 Å². The maximum atomic E-state index is 12.8. The van der Waals surface area contributed by atoms with Gasteiger partial charge in [0, 0.05) is 0 Å².